The van der Waals surface area contributed by atoms with Crippen LogP contribution < -0.4 is 10.2 Å². The summed E-state index contributed by atoms with van der Waals surface area (Å²) < 4.78 is 19.7. The van der Waals surface area contributed by atoms with Gasteiger partial charge in [-0.15, -0.1) is 0 Å². The third-order valence-electron chi connectivity index (χ3n) is 3.38. The van der Waals surface area contributed by atoms with E-state index in [1.165, 1.54) is 6.07 Å². The second-order valence-corrected chi connectivity index (χ2v) is 5.64. The van der Waals surface area contributed by atoms with Gasteiger partial charge in [-0.05, 0) is 31.2 Å². The van der Waals surface area contributed by atoms with Crippen molar-refractivity contribution in [3.05, 3.63) is 53.2 Å². The molecular weight excluding hydrogens is 267 g/mol. The lowest BCUT2D eigenvalue weighted by atomic mass is 10.1. The van der Waals surface area contributed by atoms with Crippen molar-refractivity contribution < 1.29 is 8.81 Å². The second kappa shape index (κ2) is 6.76. The van der Waals surface area contributed by atoms with Gasteiger partial charge in [0, 0.05) is 30.9 Å². The fourth-order valence-electron chi connectivity index (χ4n) is 2.28. The molecule has 0 unspecified atom stereocenters. The molecule has 0 radical (unpaired) electrons. The summed E-state index contributed by atoms with van der Waals surface area (Å²) in [6, 6.07) is 9.40. The number of hydrogen-bond donors (Lipinski definition) is 1. The van der Waals surface area contributed by atoms with Crippen LogP contribution in [-0.4, -0.2) is 13.1 Å². The van der Waals surface area contributed by atoms with Crippen LogP contribution in [0.1, 0.15) is 30.9 Å². The highest BCUT2D eigenvalue weighted by Crippen LogP contribution is 2.24. The number of benzene rings is 1. The summed E-state index contributed by atoms with van der Waals surface area (Å²) in [6.07, 6.45) is 0. The quantitative estimate of drug-likeness (QED) is 0.875. The summed E-state index contributed by atoms with van der Waals surface area (Å²) in [5.41, 5.74) is 1.58. The van der Waals surface area contributed by atoms with Gasteiger partial charge in [0.05, 0.1) is 6.54 Å². The molecule has 0 amide bonds. The molecule has 1 N–H and O–H groups in total. The van der Waals surface area contributed by atoms with E-state index in [-0.39, 0.29) is 5.82 Å². The molecule has 2 rings (SSSR count). The molecule has 0 bridgehead atoms. The van der Waals surface area contributed by atoms with Crippen molar-refractivity contribution in [3.8, 4) is 0 Å². The predicted octanol–water partition coefficient (Wildman–Crippen LogP) is 3.86. The van der Waals surface area contributed by atoms with Crippen LogP contribution in [0.2, 0.25) is 0 Å². The average Bonchev–Trinajstić information content (AvgIpc) is 2.82. The zero-order valence-corrected chi connectivity index (χ0v) is 13.1. The molecule has 0 spiro atoms. The number of hydrogen-bond acceptors (Lipinski definition) is 3. The van der Waals surface area contributed by atoms with Gasteiger partial charge in [0.1, 0.15) is 17.3 Å². The van der Waals surface area contributed by atoms with Crippen LogP contribution in [0.5, 0.6) is 0 Å². The van der Waals surface area contributed by atoms with Crippen LogP contribution in [0.4, 0.5) is 10.1 Å². The van der Waals surface area contributed by atoms with E-state index in [1.807, 2.05) is 37.1 Å². The number of nitrogens with zero attached hydrogens (tertiary/aromatic N) is 1. The van der Waals surface area contributed by atoms with E-state index < -0.39 is 0 Å². The summed E-state index contributed by atoms with van der Waals surface area (Å²) in [5.74, 6) is 1.59. The largest absolute Gasteiger partial charge is 0.464 e. The highest BCUT2D eigenvalue weighted by molar-refractivity contribution is 5.53. The number of aryl methyl sites for hydroxylation is 1. The topological polar surface area (TPSA) is 28.4 Å². The van der Waals surface area contributed by atoms with Gasteiger partial charge in [0.2, 0.25) is 0 Å². The van der Waals surface area contributed by atoms with Crippen LogP contribution in [-0.2, 0) is 13.1 Å². The number of furan rings is 1. The van der Waals surface area contributed by atoms with Gasteiger partial charge in [-0.2, -0.15) is 0 Å². The van der Waals surface area contributed by atoms with Crippen LogP contribution in [0.25, 0.3) is 0 Å². The van der Waals surface area contributed by atoms with Crippen molar-refractivity contribution >= 4 is 5.69 Å². The first kappa shape index (κ1) is 15.6. The first-order valence-electron chi connectivity index (χ1n) is 7.24. The Balaban J connectivity index is 2.19. The monoisotopic (exact) mass is 290 g/mol. The maximum Gasteiger partial charge on any atom is 0.129 e. The molecule has 1 aromatic heterocycles. The maximum atomic E-state index is 14.1. The van der Waals surface area contributed by atoms with E-state index in [9.17, 15) is 4.39 Å². The van der Waals surface area contributed by atoms with Gasteiger partial charge in [0.25, 0.3) is 0 Å². The molecule has 0 saturated heterocycles. The van der Waals surface area contributed by atoms with E-state index in [2.05, 4.69) is 19.2 Å². The third kappa shape index (κ3) is 4.08. The Morgan fingerprint density at radius 1 is 1.24 bits per heavy atom. The Morgan fingerprint density at radius 2 is 2.00 bits per heavy atom. The standard InChI is InChI=1S/C17H23FN2O/c1-12(2)19-10-15-16(18)6-5-7-17(15)20(4)11-14-9-8-13(3)21-14/h5-9,12,19H,10-11H2,1-4H3. The first-order chi connectivity index (χ1) is 9.97. The van der Waals surface area contributed by atoms with Gasteiger partial charge in [-0.1, -0.05) is 19.9 Å². The van der Waals surface area contributed by atoms with Gasteiger partial charge in [-0.3, -0.25) is 0 Å². The highest BCUT2D eigenvalue weighted by atomic mass is 19.1. The maximum absolute atomic E-state index is 14.1. The van der Waals surface area contributed by atoms with Crippen molar-refractivity contribution in [1.82, 2.24) is 5.32 Å². The summed E-state index contributed by atoms with van der Waals surface area (Å²) in [5, 5.41) is 3.28. The normalized spacial score (nSPS) is 11.1. The Morgan fingerprint density at radius 3 is 2.62 bits per heavy atom. The van der Waals surface area contributed by atoms with Crippen molar-refractivity contribution in [2.24, 2.45) is 0 Å². The van der Waals surface area contributed by atoms with E-state index >= 15 is 0 Å². The van der Waals surface area contributed by atoms with Crippen molar-refractivity contribution in [2.75, 3.05) is 11.9 Å². The van der Waals surface area contributed by atoms with E-state index in [0.29, 0.717) is 24.7 Å². The lowest BCUT2D eigenvalue weighted by Gasteiger charge is -2.22. The van der Waals surface area contributed by atoms with Crippen molar-refractivity contribution in [1.29, 1.82) is 0 Å². The van der Waals surface area contributed by atoms with Crippen molar-refractivity contribution in [2.45, 2.75) is 39.9 Å². The summed E-state index contributed by atoms with van der Waals surface area (Å²) in [7, 11) is 1.95. The lowest BCUT2D eigenvalue weighted by Crippen LogP contribution is -2.25. The lowest BCUT2D eigenvalue weighted by molar-refractivity contribution is 0.481. The molecule has 1 heterocycles. The molecule has 0 saturated carbocycles. The molecule has 0 aliphatic heterocycles. The van der Waals surface area contributed by atoms with E-state index in [1.54, 1.807) is 6.07 Å². The fourth-order valence-corrected chi connectivity index (χ4v) is 2.28. The van der Waals surface area contributed by atoms with Crippen LogP contribution in [0.3, 0.4) is 0 Å². The number of nitrogens with one attached hydrogen (secondary N) is 1. The minimum Gasteiger partial charge on any atom is -0.464 e. The SMILES string of the molecule is Cc1ccc(CN(C)c2cccc(F)c2CNC(C)C)o1. The predicted molar refractivity (Wildman–Crippen MR) is 83.9 cm³/mol. The van der Waals surface area contributed by atoms with Crippen LogP contribution in [0, 0.1) is 12.7 Å². The highest BCUT2D eigenvalue weighted by Gasteiger charge is 2.13. The van der Waals surface area contributed by atoms with Crippen molar-refractivity contribution in [3.63, 3.8) is 0 Å². The minimum atomic E-state index is -0.178. The molecule has 0 aliphatic rings. The van der Waals surface area contributed by atoms with E-state index in [4.69, 9.17) is 4.42 Å². The Bertz CT molecular complexity index is 592. The van der Waals surface area contributed by atoms with E-state index in [0.717, 1.165) is 17.2 Å². The Labute approximate surface area is 125 Å². The first-order valence-corrected chi connectivity index (χ1v) is 7.24. The molecule has 0 atom stereocenters. The van der Waals surface area contributed by atoms with Crippen LogP contribution in [0.15, 0.2) is 34.7 Å². The molecular formula is C17H23FN2O. The Hall–Kier alpha value is -1.81. The van der Waals surface area contributed by atoms with Gasteiger partial charge >= 0.3 is 0 Å². The van der Waals surface area contributed by atoms with Crippen LogP contribution >= 0.6 is 0 Å². The summed E-state index contributed by atoms with van der Waals surface area (Å²) in [6.45, 7) is 7.16. The van der Waals surface area contributed by atoms with Gasteiger partial charge < -0.3 is 14.6 Å². The number of rotatable bonds is 6. The summed E-state index contributed by atoms with van der Waals surface area (Å²) in [4.78, 5) is 2.01. The van der Waals surface area contributed by atoms with Gasteiger partial charge in [-0.25, -0.2) is 4.39 Å². The molecule has 2 aromatic rings. The van der Waals surface area contributed by atoms with Gasteiger partial charge in [0.15, 0.2) is 0 Å². The fraction of sp³-hybridized carbons (Fsp3) is 0.412. The second-order valence-electron chi connectivity index (χ2n) is 5.64. The number of anilines is 1. The molecule has 0 fully saturated rings. The molecule has 3 nitrogen and oxygen atoms in total. The molecule has 114 valence electrons. The zero-order chi connectivity index (χ0) is 15.4. The average molecular weight is 290 g/mol. The molecule has 1 aromatic carbocycles. The summed E-state index contributed by atoms with van der Waals surface area (Å²) >= 11 is 0. The zero-order valence-electron chi connectivity index (χ0n) is 13.1. The minimum absolute atomic E-state index is 0.178. The number of halogens is 1. The third-order valence-corrected chi connectivity index (χ3v) is 3.38. The Kier molecular flexibility index (Phi) is 5.02. The molecule has 21 heavy (non-hydrogen) atoms. The molecule has 0 aliphatic carbocycles. The smallest absolute Gasteiger partial charge is 0.129 e. The molecule has 4 heteroatoms.